The number of amidine groups is 1. The van der Waals surface area contributed by atoms with Gasteiger partial charge in [0.1, 0.15) is 6.17 Å². The largest absolute Gasteiger partial charge is 0.338 e. The number of nitrogens with one attached hydrogen (secondary N) is 2. The number of rotatable bonds is 4. The van der Waals surface area contributed by atoms with E-state index in [9.17, 15) is 4.79 Å². The fraction of sp³-hybridized carbons (Fsp3) is 0.200. The zero-order valence-corrected chi connectivity index (χ0v) is 16.2. The van der Waals surface area contributed by atoms with Crippen molar-refractivity contribution in [2.75, 3.05) is 11.4 Å². The summed E-state index contributed by atoms with van der Waals surface area (Å²) in [7, 11) is 0. The first-order valence-corrected chi connectivity index (χ1v) is 10.2. The molecule has 2 aromatic carbocycles. The van der Waals surface area contributed by atoms with Gasteiger partial charge in [-0.2, -0.15) is 4.98 Å². The molecule has 5 rings (SSSR count). The molecule has 3 aromatic rings. The summed E-state index contributed by atoms with van der Waals surface area (Å²) in [5, 5.41) is 4.66. The van der Waals surface area contributed by atoms with Crippen molar-refractivity contribution in [2.24, 2.45) is 10.9 Å². The zero-order valence-electron chi connectivity index (χ0n) is 15.4. The highest BCUT2D eigenvalue weighted by Crippen LogP contribution is 2.30. The number of hydrogen-bond donors (Lipinski definition) is 2. The minimum atomic E-state index is -0.271. The first kappa shape index (κ1) is 18.0. The molecule has 0 spiro atoms. The number of nitrogens with zero attached hydrogens (tertiary/aromatic N) is 4. The maximum absolute atomic E-state index is 13.1. The van der Waals surface area contributed by atoms with Crippen molar-refractivity contribution in [2.45, 2.75) is 11.9 Å². The van der Waals surface area contributed by atoms with E-state index < -0.39 is 0 Å². The molecule has 9 heteroatoms. The lowest BCUT2D eigenvalue weighted by Crippen LogP contribution is -2.49. The third-order valence-corrected chi connectivity index (χ3v) is 5.71. The zero-order chi connectivity index (χ0) is 19.6. The molecule has 1 fully saturated rings. The molecule has 8 nitrogen and oxygen atoms in total. The first-order valence-electron chi connectivity index (χ1n) is 9.25. The van der Waals surface area contributed by atoms with Crippen molar-refractivity contribution in [3.8, 4) is 11.4 Å². The van der Waals surface area contributed by atoms with Crippen molar-refractivity contribution < 1.29 is 9.32 Å². The molecule has 1 saturated heterocycles. The molecule has 1 amide bonds. The lowest BCUT2D eigenvalue weighted by Gasteiger charge is -2.32. The average Bonchev–Trinajstić information content (AvgIpc) is 3.43. The molecule has 2 aliphatic rings. The van der Waals surface area contributed by atoms with Gasteiger partial charge in [0.15, 0.2) is 5.17 Å². The van der Waals surface area contributed by atoms with Gasteiger partial charge >= 0.3 is 0 Å². The molecular weight excluding hydrogens is 388 g/mol. The van der Waals surface area contributed by atoms with Crippen LogP contribution in [-0.4, -0.2) is 33.9 Å². The van der Waals surface area contributed by atoms with E-state index in [2.05, 4.69) is 21.0 Å². The fourth-order valence-electron chi connectivity index (χ4n) is 3.33. The van der Waals surface area contributed by atoms with Gasteiger partial charge in [0.05, 0.1) is 17.4 Å². The van der Waals surface area contributed by atoms with Crippen LogP contribution in [0.5, 0.6) is 0 Å². The quantitative estimate of drug-likeness (QED) is 0.687. The second-order valence-electron chi connectivity index (χ2n) is 6.66. The van der Waals surface area contributed by atoms with Crippen molar-refractivity contribution in [1.29, 1.82) is 0 Å². The smallest absolute Gasteiger partial charge is 0.241 e. The SMILES string of the molecule is O=C1C2CNNC2N=C(SCc2nc(-c3ccccc3)no2)N1c1ccccc1. The Morgan fingerprint density at radius 1 is 1.10 bits per heavy atom. The van der Waals surface area contributed by atoms with Crippen LogP contribution in [0, 0.1) is 5.92 Å². The lowest BCUT2D eigenvalue weighted by atomic mass is 10.1. The van der Waals surface area contributed by atoms with Gasteiger partial charge < -0.3 is 4.52 Å². The van der Waals surface area contributed by atoms with Crippen LogP contribution in [0.1, 0.15) is 5.89 Å². The number of benzene rings is 2. The number of aliphatic imine (C=N–C) groups is 1. The molecule has 0 aliphatic carbocycles. The van der Waals surface area contributed by atoms with E-state index in [1.807, 2.05) is 60.7 Å². The van der Waals surface area contributed by atoms with Crippen molar-refractivity contribution in [1.82, 2.24) is 21.0 Å². The molecule has 2 aliphatic heterocycles. The van der Waals surface area contributed by atoms with Crippen molar-refractivity contribution in [3.63, 3.8) is 0 Å². The highest BCUT2D eigenvalue weighted by molar-refractivity contribution is 8.13. The number of carbonyl (C=O) groups is 1. The van der Waals surface area contributed by atoms with E-state index in [1.165, 1.54) is 11.8 Å². The van der Waals surface area contributed by atoms with Crippen molar-refractivity contribution in [3.05, 3.63) is 66.6 Å². The maximum Gasteiger partial charge on any atom is 0.241 e. The Kier molecular flexibility index (Phi) is 4.84. The third kappa shape index (κ3) is 3.55. The van der Waals surface area contributed by atoms with Gasteiger partial charge in [0.2, 0.25) is 17.6 Å². The number of carbonyl (C=O) groups excluding carboxylic acids is 1. The predicted molar refractivity (Wildman–Crippen MR) is 111 cm³/mol. The molecular formula is C20H18N6O2S. The Morgan fingerprint density at radius 2 is 1.86 bits per heavy atom. The van der Waals surface area contributed by atoms with E-state index in [4.69, 9.17) is 9.52 Å². The molecule has 2 unspecified atom stereocenters. The Bertz CT molecular complexity index is 1040. The molecule has 3 heterocycles. The van der Waals surface area contributed by atoms with Crippen LogP contribution in [-0.2, 0) is 10.5 Å². The van der Waals surface area contributed by atoms with Gasteiger partial charge in [-0.05, 0) is 12.1 Å². The molecule has 0 radical (unpaired) electrons. The number of para-hydroxylation sites is 1. The van der Waals surface area contributed by atoms with Crippen LogP contribution in [0.3, 0.4) is 0 Å². The monoisotopic (exact) mass is 406 g/mol. The van der Waals surface area contributed by atoms with Gasteiger partial charge in [-0.3, -0.25) is 15.1 Å². The summed E-state index contributed by atoms with van der Waals surface area (Å²) in [5.41, 5.74) is 7.78. The minimum Gasteiger partial charge on any atom is -0.338 e. The number of fused-ring (bicyclic) bond motifs is 1. The number of hydrogen-bond acceptors (Lipinski definition) is 8. The Balaban J connectivity index is 1.38. The fourth-order valence-corrected chi connectivity index (χ4v) is 4.21. The van der Waals surface area contributed by atoms with E-state index in [1.54, 1.807) is 4.90 Å². The van der Waals surface area contributed by atoms with Crippen LogP contribution in [0.4, 0.5) is 5.69 Å². The predicted octanol–water partition coefficient (Wildman–Crippen LogP) is 2.42. The van der Waals surface area contributed by atoms with Crippen LogP contribution in [0.2, 0.25) is 0 Å². The summed E-state index contributed by atoms with van der Waals surface area (Å²) in [4.78, 5) is 24.0. The van der Waals surface area contributed by atoms with Gasteiger partial charge in [0.25, 0.3) is 0 Å². The van der Waals surface area contributed by atoms with E-state index in [0.717, 1.165) is 11.3 Å². The van der Waals surface area contributed by atoms with Crippen molar-refractivity contribution >= 4 is 28.5 Å². The number of aromatic nitrogens is 2. The number of anilines is 1. The summed E-state index contributed by atoms with van der Waals surface area (Å²) >= 11 is 1.41. The summed E-state index contributed by atoms with van der Waals surface area (Å²) in [6, 6.07) is 19.2. The van der Waals surface area contributed by atoms with E-state index in [-0.39, 0.29) is 18.0 Å². The highest BCUT2D eigenvalue weighted by Gasteiger charge is 2.42. The summed E-state index contributed by atoms with van der Waals surface area (Å²) < 4.78 is 5.40. The summed E-state index contributed by atoms with van der Waals surface area (Å²) in [5.74, 6) is 1.24. The van der Waals surface area contributed by atoms with Crippen LogP contribution >= 0.6 is 11.8 Å². The van der Waals surface area contributed by atoms with E-state index in [0.29, 0.717) is 29.2 Å². The Labute approximate surface area is 171 Å². The molecule has 2 N–H and O–H groups in total. The topological polar surface area (TPSA) is 95.6 Å². The average molecular weight is 406 g/mol. The second-order valence-corrected chi connectivity index (χ2v) is 7.61. The standard InChI is InChI=1S/C20H18N6O2S/c27-19-15-11-21-24-18(15)23-20(26(19)14-9-5-2-6-10-14)29-12-16-22-17(25-28-16)13-7-3-1-4-8-13/h1-10,15,18,21,24H,11-12H2. The molecule has 0 saturated carbocycles. The first-order chi connectivity index (χ1) is 14.3. The Morgan fingerprint density at radius 3 is 2.66 bits per heavy atom. The van der Waals surface area contributed by atoms with Crippen LogP contribution in [0.25, 0.3) is 11.4 Å². The highest BCUT2D eigenvalue weighted by atomic mass is 32.2. The van der Waals surface area contributed by atoms with Gasteiger partial charge in [-0.1, -0.05) is 65.4 Å². The van der Waals surface area contributed by atoms with Gasteiger partial charge in [0, 0.05) is 12.1 Å². The normalized spacial score (nSPS) is 21.2. The number of hydrazine groups is 1. The Hall–Kier alpha value is -3.01. The van der Waals surface area contributed by atoms with Gasteiger partial charge in [-0.15, -0.1) is 0 Å². The maximum atomic E-state index is 13.1. The third-order valence-electron chi connectivity index (χ3n) is 4.77. The van der Waals surface area contributed by atoms with Crippen LogP contribution in [0.15, 0.2) is 70.2 Å². The molecule has 29 heavy (non-hydrogen) atoms. The summed E-state index contributed by atoms with van der Waals surface area (Å²) in [6.45, 7) is 0.554. The van der Waals surface area contributed by atoms with Gasteiger partial charge in [-0.25, -0.2) is 10.4 Å². The summed E-state index contributed by atoms with van der Waals surface area (Å²) in [6.07, 6.45) is -0.271. The second kappa shape index (κ2) is 7.78. The molecule has 1 aromatic heterocycles. The molecule has 146 valence electrons. The minimum absolute atomic E-state index is 0.0201. The van der Waals surface area contributed by atoms with Crippen LogP contribution < -0.4 is 15.8 Å². The molecule has 2 atom stereocenters. The number of thioether (sulfide) groups is 1. The lowest BCUT2D eigenvalue weighted by molar-refractivity contribution is -0.121. The molecule has 0 bridgehead atoms. The van der Waals surface area contributed by atoms with E-state index >= 15 is 0 Å². The number of amides is 1.